The van der Waals surface area contributed by atoms with Crippen molar-refractivity contribution in [3.05, 3.63) is 48.0 Å². The summed E-state index contributed by atoms with van der Waals surface area (Å²) in [5.74, 6) is 3.85. The summed E-state index contributed by atoms with van der Waals surface area (Å²) in [6.45, 7) is 4.28. The van der Waals surface area contributed by atoms with E-state index in [4.69, 9.17) is 29.5 Å². The molecule has 1 aliphatic carbocycles. The van der Waals surface area contributed by atoms with Crippen molar-refractivity contribution in [1.82, 2.24) is 19.4 Å². The molecule has 2 N–H and O–H groups in total. The van der Waals surface area contributed by atoms with Gasteiger partial charge >= 0.3 is 0 Å². The Balaban J connectivity index is 0.000000489. The Bertz CT molecular complexity index is 1000. The summed E-state index contributed by atoms with van der Waals surface area (Å²) in [5.41, 5.74) is 1.42. The first kappa shape index (κ1) is 27.1. The van der Waals surface area contributed by atoms with Crippen LogP contribution in [0.4, 0.5) is 0 Å². The molecule has 4 aliphatic rings. The van der Waals surface area contributed by atoms with E-state index < -0.39 is 0 Å². The van der Waals surface area contributed by atoms with Gasteiger partial charge < -0.3 is 19.5 Å². The number of methoxy groups -OCH3 is 1. The lowest BCUT2D eigenvalue weighted by Crippen LogP contribution is -2.63. The van der Waals surface area contributed by atoms with E-state index in [0.29, 0.717) is 6.04 Å². The maximum Gasteiger partial charge on any atom is 0.290 e. The fourth-order valence-electron chi connectivity index (χ4n) is 6.81. The van der Waals surface area contributed by atoms with Gasteiger partial charge in [0.25, 0.3) is 12.9 Å². The highest BCUT2D eigenvalue weighted by Crippen LogP contribution is 2.43. The summed E-state index contributed by atoms with van der Waals surface area (Å²) in [5, 5.41) is 13.8. The number of ether oxygens (including phenoxy) is 1. The highest BCUT2D eigenvalue weighted by atomic mass is 16.5. The Morgan fingerprint density at radius 1 is 1.08 bits per heavy atom. The molecule has 0 amide bonds. The van der Waals surface area contributed by atoms with Crippen LogP contribution in [0.25, 0.3) is 0 Å². The minimum atomic E-state index is -0.250. The zero-order valence-corrected chi connectivity index (χ0v) is 21.7. The van der Waals surface area contributed by atoms with E-state index in [0.717, 1.165) is 42.6 Å². The molecular formula is C28H40N4O5. The number of hydrogen-bond acceptors (Lipinski definition) is 6. The van der Waals surface area contributed by atoms with Gasteiger partial charge in [-0.1, -0.05) is 18.6 Å². The number of fused-ring (bicyclic) bond motifs is 4. The van der Waals surface area contributed by atoms with Gasteiger partial charge in [0.1, 0.15) is 11.6 Å². The Hall–Kier alpha value is -2.91. The molecule has 4 atom stereocenters. The van der Waals surface area contributed by atoms with E-state index in [2.05, 4.69) is 44.8 Å². The first-order valence-corrected chi connectivity index (χ1v) is 13.4. The van der Waals surface area contributed by atoms with Crippen LogP contribution in [0.3, 0.4) is 0 Å². The third-order valence-electron chi connectivity index (χ3n) is 8.33. The maximum absolute atomic E-state index is 8.36. The molecule has 0 radical (unpaired) electrons. The lowest BCUT2D eigenvalue weighted by molar-refractivity contribution is -0.123. The van der Waals surface area contributed by atoms with Crippen molar-refractivity contribution in [2.75, 3.05) is 26.7 Å². The summed E-state index contributed by atoms with van der Waals surface area (Å²) < 4.78 is 7.96. The molecule has 37 heavy (non-hydrogen) atoms. The first-order valence-electron chi connectivity index (χ1n) is 13.4. The summed E-state index contributed by atoms with van der Waals surface area (Å²) in [6, 6.07) is 10.9. The highest BCUT2D eigenvalue weighted by Gasteiger charge is 2.47. The van der Waals surface area contributed by atoms with Crippen molar-refractivity contribution in [1.29, 1.82) is 0 Å². The SMILES string of the molecule is COc1cccc(C[C@H]2[C@H]3C[C@H](CN(Cc4nccn4C4CC4)C3)[C@@H]3CCCCN32)c1.O=CO.O=CO. The summed E-state index contributed by atoms with van der Waals surface area (Å²) in [4.78, 5) is 27.1. The summed E-state index contributed by atoms with van der Waals surface area (Å²) >= 11 is 0. The minimum Gasteiger partial charge on any atom is -0.497 e. The number of carboxylic acid groups (broad SMARTS) is 2. The van der Waals surface area contributed by atoms with Crippen LogP contribution >= 0.6 is 0 Å². The van der Waals surface area contributed by atoms with Gasteiger partial charge in [0, 0.05) is 43.6 Å². The van der Waals surface area contributed by atoms with Crippen LogP contribution in [0.5, 0.6) is 5.75 Å². The standard InChI is InChI=1S/C26H36N4O.2CH2O2/c1-31-23-6-4-5-19(13-23)14-25-21-15-20(24-7-2-3-11-30(24)25)16-28(17-21)18-26-27-10-12-29(26)22-8-9-22;2*2-1-3/h4-6,10,12-13,20-22,24-25H,2-3,7-9,11,14-18H2,1H3;2*1H,(H,2,3)/t20-,21+,24+,25+;;/m1../s1. The molecule has 2 aromatic rings. The van der Waals surface area contributed by atoms with Gasteiger partial charge in [0.2, 0.25) is 0 Å². The molecular weight excluding hydrogens is 472 g/mol. The molecule has 1 aromatic carbocycles. The molecule has 9 nitrogen and oxygen atoms in total. The van der Waals surface area contributed by atoms with E-state index in [1.54, 1.807) is 7.11 Å². The fourth-order valence-corrected chi connectivity index (χ4v) is 6.81. The van der Waals surface area contributed by atoms with Crippen molar-refractivity contribution < 1.29 is 24.5 Å². The van der Waals surface area contributed by atoms with Gasteiger partial charge in [-0.3, -0.25) is 19.4 Å². The van der Waals surface area contributed by atoms with E-state index in [9.17, 15) is 0 Å². The van der Waals surface area contributed by atoms with Crippen LogP contribution in [0.2, 0.25) is 0 Å². The molecule has 1 saturated carbocycles. The van der Waals surface area contributed by atoms with E-state index in [1.807, 2.05) is 6.20 Å². The number of imidazole rings is 1. The number of aromatic nitrogens is 2. The van der Waals surface area contributed by atoms with E-state index in [-0.39, 0.29) is 12.9 Å². The van der Waals surface area contributed by atoms with Crippen molar-refractivity contribution in [2.45, 2.75) is 69.6 Å². The molecule has 4 heterocycles. The van der Waals surface area contributed by atoms with Gasteiger partial charge in [-0.2, -0.15) is 0 Å². The predicted molar refractivity (Wildman–Crippen MR) is 140 cm³/mol. The average molecular weight is 513 g/mol. The van der Waals surface area contributed by atoms with Crippen molar-refractivity contribution in [3.8, 4) is 5.75 Å². The molecule has 0 spiro atoms. The molecule has 202 valence electrons. The maximum atomic E-state index is 8.36. The smallest absolute Gasteiger partial charge is 0.290 e. The number of likely N-dealkylation sites (tertiary alicyclic amines) is 1. The van der Waals surface area contributed by atoms with Crippen molar-refractivity contribution in [2.24, 2.45) is 11.8 Å². The topological polar surface area (TPSA) is 108 Å². The van der Waals surface area contributed by atoms with Gasteiger partial charge in [-0.05, 0) is 74.6 Å². The van der Waals surface area contributed by atoms with Gasteiger partial charge in [0.15, 0.2) is 0 Å². The highest BCUT2D eigenvalue weighted by molar-refractivity contribution is 5.33. The van der Waals surface area contributed by atoms with Crippen molar-refractivity contribution >= 4 is 12.9 Å². The monoisotopic (exact) mass is 512 g/mol. The van der Waals surface area contributed by atoms with Crippen LogP contribution in [-0.4, -0.2) is 81.3 Å². The first-order chi connectivity index (χ1) is 18.1. The van der Waals surface area contributed by atoms with E-state index >= 15 is 0 Å². The molecule has 6 rings (SSSR count). The van der Waals surface area contributed by atoms with E-state index in [1.165, 1.54) is 69.5 Å². The summed E-state index contributed by atoms with van der Waals surface area (Å²) in [6.07, 6.45) is 13.6. The molecule has 9 heteroatoms. The Labute approximate surface area is 219 Å². The Morgan fingerprint density at radius 3 is 2.57 bits per heavy atom. The predicted octanol–water partition coefficient (Wildman–Crippen LogP) is 3.55. The average Bonchev–Trinajstić information content (AvgIpc) is 3.66. The normalized spacial score (nSPS) is 26.9. The molecule has 3 aliphatic heterocycles. The number of nitrogens with zero attached hydrogens (tertiary/aromatic N) is 4. The van der Waals surface area contributed by atoms with Crippen LogP contribution < -0.4 is 4.74 Å². The van der Waals surface area contributed by atoms with Crippen LogP contribution in [0, 0.1) is 11.8 Å². The minimum absolute atomic E-state index is 0.250. The molecule has 2 bridgehead atoms. The second kappa shape index (κ2) is 13.1. The van der Waals surface area contributed by atoms with Crippen LogP contribution in [0.15, 0.2) is 36.7 Å². The van der Waals surface area contributed by atoms with Crippen LogP contribution in [0.1, 0.15) is 56.0 Å². The Morgan fingerprint density at radius 2 is 1.84 bits per heavy atom. The molecule has 4 fully saturated rings. The number of piperidine rings is 3. The fraction of sp³-hybridized carbons (Fsp3) is 0.607. The third kappa shape index (κ3) is 6.70. The number of carbonyl (C=O) groups is 2. The Kier molecular flexibility index (Phi) is 9.57. The number of hydrogen-bond donors (Lipinski definition) is 2. The second-order valence-corrected chi connectivity index (χ2v) is 10.6. The molecule has 0 unspecified atom stereocenters. The van der Waals surface area contributed by atoms with Gasteiger partial charge in [0.05, 0.1) is 13.7 Å². The number of rotatable bonds is 6. The molecule has 1 aromatic heterocycles. The largest absolute Gasteiger partial charge is 0.497 e. The van der Waals surface area contributed by atoms with Gasteiger partial charge in [-0.15, -0.1) is 0 Å². The lowest BCUT2D eigenvalue weighted by Gasteiger charge is -2.57. The zero-order valence-electron chi connectivity index (χ0n) is 21.7. The molecule has 3 saturated heterocycles. The summed E-state index contributed by atoms with van der Waals surface area (Å²) in [7, 11) is 1.77. The lowest BCUT2D eigenvalue weighted by atomic mass is 9.71. The second-order valence-electron chi connectivity index (χ2n) is 10.6. The zero-order chi connectivity index (χ0) is 26.2. The van der Waals surface area contributed by atoms with Gasteiger partial charge in [-0.25, -0.2) is 4.98 Å². The van der Waals surface area contributed by atoms with Crippen molar-refractivity contribution in [3.63, 3.8) is 0 Å². The third-order valence-corrected chi connectivity index (χ3v) is 8.33. The van der Waals surface area contributed by atoms with Crippen LogP contribution in [-0.2, 0) is 22.6 Å². The quantitative estimate of drug-likeness (QED) is 0.566. The number of benzene rings is 1.